The maximum Gasteiger partial charge on any atom is 0.252 e. The second-order valence-corrected chi connectivity index (χ2v) is 5.45. The van der Waals surface area contributed by atoms with Gasteiger partial charge in [-0.1, -0.05) is 12.5 Å². The highest BCUT2D eigenvalue weighted by Crippen LogP contribution is 2.30. The first-order chi connectivity index (χ1) is 8.09. The molecule has 1 amide bonds. The molecule has 17 heavy (non-hydrogen) atoms. The van der Waals surface area contributed by atoms with E-state index in [4.69, 9.17) is 5.73 Å². The Labute approximate surface area is 110 Å². The Bertz CT molecular complexity index is 429. The molecule has 1 fully saturated rings. The number of rotatable bonds is 3. The quantitative estimate of drug-likeness (QED) is 0.843. The second kappa shape index (κ2) is 5.08. The highest BCUT2D eigenvalue weighted by molar-refractivity contribution is 9.10. The van der Waals surface area contributed by atoms with Crippen LogP contribution in [0.5, 0.6) is 0 Å². The van der Waals surface area contributed by atoms with Gasteiger partial charge in [-0.25, -0.2) is 0 Å². The number of nitrogens with two attached hydrogens (primary N) is 1. The zero-order chi connectivity index (χ0) is 12.4. The van der Waals surface area contributed by atoms with Crippen LogP contribution in [0.2, 0.25) is 0 Å². The largest absolute Gasteiger partial charge is 0.398 e. The van der Waals surface area contributed by atoms with Gasteiger partial charge in [-0.2, -0.15) is 0 Å². The maximum absolute atomic E-state index is 12.1. The average molecular weight is 297 g/mol. The Morgan fingerprint density at radius 3 is 2.82 bits per heavy atom. The van der Waals surface area contributed by atoms with Crippen LogP contribution in [0.1, 0.15) is 36.5 Å². The summed E-state index contributed by atoms with van der Waals surface area (Å²) in [4.78, 5) is 12.1. The standard InChI is InChI=1S/C13H17BrN2O/c1-8(9-4-2-5-9)16-13(17)10-6-3-7-11(15)12(10)14/h3,6-9H,2,4-5,15H2,1H3,(H,16,17). The number of carbonyl (C=O) groups excluding carboxylic acids is 1. The van der Waals surface area contributed by atoms with E-state index in [1.807, 2.05) is 0 Å². The van der Waals surface area contributed by atoms with Gasteiger partial charge in [0.1, 0.15) is 0 Å². The van der Waals surface area contributed by atoms with Crippen molar-refractivity contribution in [3.05, 3.63) is 28.2 Å². The summed E-state index contributed by atoms with van der Waals surface area (Å²) >= 11 is 3.35. The number of anilines is 1. The van der Waals surface area contributed by atoms with Gasteiger partial charge in [-0.05, 0) is 53.7 Å². The molecule has 1 unspecified atom stereocenters. The SMILES string of the molecule is CC(NC(=O)c1cccc(N)c1Br)C1CCC1. The minimum atomic E-state index is -0.0522. The normalized spacial score (nSPS) is 17.3. The van der Waals surface area contributed by atoms with E-state index in [0.29, 0.717) is 21.6 Å². The minimum Gasteiger partial charge on any atom is -0.398 e. The molecule has 1 aliphatic carbocycles. The van der Waals surface area contributed by atoms with Crippen molar-refractivity contribution >= 4 is 27.5 Å². The lowest BCUT2D eigenvalue weighted by Gasteiger charge is -2.32. The lowest BCUT2D eigenvalue weighted by molar-refractivity contribution is 0.0908. The topological polar surface area (TPSA) is 55.1 Å². The van der Waals surface area contributed by atoms with E-state index in [-0.39, 0.29) is 11.9 Å². The molecule has 0 bridgehead atoms. The molecular weight excluding hydrogens is 280 g/mol. The molecule has 1 aromatic rings. The third kappa shape index (κ3) is 2.63. The van der Waals surface area contributed by atoms with Crippen molar-refractivity contribution < 1.29 is 4.79 Å². The third-order valence-electron chi connectivity index (χ3n) is 3.49. The number of halogens is 1. The molecule has 1 saturated carbocycles. The van der Waals surface area contributed by atoms with E-state index in [1.54, 1.807) is 18.2 Å². The minimum absolute atomic E-state index is 0.0522. The second-order valence-electron chi connectivity index (χ2n) is 4.66. The van der Waals surface area contributed by atoms with Gasteiger partial charge in [0.25, 0.3) is 5.91 Å². The van der Waals surface area contributed by atoms with E-state index in [9.17, 15) is 4.79 Å². The lowest BCUT2D eigenvalue weighted by Crippen LogP contribution is -2.40. The Morgan fingerprint density at radius 2 is 2.24 bits per heavy atom. The van der Waals surface area contributed by atoms with Gasteiger partial charge in [-0.3, -0.25) is 4.79 Å². The molecule has 1 aliphatic rings. The first kappa shape index (κ1) is 12.4. The predicted molar refractivity (Wildman–Crippen MR) is 72.8 cm³/mol. The fourth-order valence-electron chi connectivity index (χ4n) is 2.07. The summed E-state index contributed by atoms with van der Waals surface area (Å²) < 4.78 is 0.679. The maximum atomic E-state index is 12.1. The monoisotopic (exact) mass is 296 g/mol. The fourth-order valence-corrected chi connectivity index (χ4v) is 2.51. The summed E-state index contributed by atoms with van der Waals surface area (Å²) in [6.07, 6.45) is 3.73. The zero-order valence-corrected chi connectivity index (χ0v) is 11.5. The number of hydrogen-bond acceptors (Lipinski definition) is 2. The number of hydrogen-bond donors (Lipinski definition) is 2. The number of amides is 1. The summed E-state index contributed by atoms with van der Waals surface area (Å²) in [5.41, 5.74) is 6.96. The van der Waals surface area contributed by atoms with Crippen molar-refractivity contribution in [2.75, 3.05) is 5.73 Å². The molecule has 3 N–H and O–H groups in total. The van der Waals surface area contributed by atoms with Crippen molar-refractivity contribution in [1.29, 1.82) is 0 Å². The van der Waals surface area contributed by atoms with Crippen LogP contribution in [0.3, 0.4) is 0 Å². The van der Waals surface area contributed by atoms with E-state index in [2.05, 4.69) is 28.2 Å². The number of carbonyl (C=O) groups is 1. The number of benzene rings is 1. The smallest absolute Gasteiger partial charge is 0.252 e. The van der Waals surface area contributed by atoms with E-state index in [0.717, 1.165) is 0 Å². The Kier molecular flexibility index (Phi) is 3.72. The molecule has 4 heteroatoms. The Morgan fingerprint density at radius 1 is 1.53 bits per heavy atom. The molecule has 3 nitrogen and oxygen atoms in total. The summed E-state index contributed by atoms with van der Waals surface area (Å²) in [5.74, 6) is 0.586. The van der Waals surface area contributed by atoms with Gasteiger partial charge < -0.3 is 11.1 Å². The molecule has 92 valence electrons. The fraction of sp³-hybridized carbons (Fsp3) is 0.462. The van der Waals surface area contributed by atoms with Gasteiger partial charge in [0.2, 0.25) is 0 Å². The van der Waals surface area contributed by atoms with E-state index >= 15 is 0 Å². The Hall–Kier alpha value is -1.03. The van der Waals surface area contributed by atoms with Crippen LogP contribution >= 0.6 is 15.9 Å². The molecule has 0 aromatic heterocycles. The van der Waals surface area contributed by atoms with Crippen molar-refractivity contribution in [3.8, 4) is 0 Å². The van der Waals surface area contributed by atoms with Crippen LogP contribution in [-0.4, -0.2) is 11.9 Å². The summed E-state index contributed by atoms with van der Waals surface area (Å²) in [7, 11) is 0. The highest BCUT2D eigenvalue weighted by atomic mass is 79.9. The molecule has 0 radical (unpaired) electrons. The van der Waals surface area contributed by atoms with Gasteiger partial charge in [0, 0.05) is 11.7 Å². The molecule has 0 spiro atoms. The summed E-state index contributed by atoms with van der Waals surface area (Å²) in [6, 6.07) is 5.59. The Balaban J connectivity index is 2.06. The van der Waals surface area contributed by atoms with Crippen molar-refractivity contribution in [2.24, 2.45) is 5.92 Å². The van der Waals surface area contributed by atoms with E-state index < -0.39 is 0 Å². The summed E-state index contributed by atoms with van der Waals surface area (Å²) in [5, 5.41) is 3.04. The van der Waals surface area contributed by atoms with Crippen LogP contribution in [0.25, 0.3) is 0 Å². The number of nitrogen functional groups attached to an aromatic ring is 1. The predicted octanol–water partition coefficient (Wildman–Crippen LogP) is 2.95. The van der Waals surface area contributed by atoms with Crippen LogP contribution in [-0.2, 0) is 0 Å². The molecule has 1 aromatic carbocycles. The first-order valence-corrected chi connectivity index (χ1v) is 6.73. The highest BCUT2D eigenvalue weighted by Gasteiger charge is 2.25. The van der Waals surface area contributed by atoms with Crippen LogP contribution in [0, 0.1) is 5.92 Å². The third-order valence-corrected chi connectivity index (χ3v) is 4.37. The number of nitrogens with one attached hydrogen (secondary N) is 1. The van der Waals surface area contributed by atoms with E-state index in [1.165, 1.54) is 19.3 Å². The average Bonchev–Trinajstić information content (AvgIpc) is 2.19. The van der Waals surface area contributed by atoms with Crippen molar-refractivity contribution in [1.82, 2.24) is 5.32 Å². The molecule has 0 heterocycles. The lowest BCUT2D eigenvalue weighted by atomic mass is 9.80. The van der Waals surface area contributed by atoms with Crippen LogP contribution < -0.4 is 11.1 Å². The van der Waals surface area contributed by atoms with Crippen LogP contribution in [0.4, 0.5) is 5.69 Å². The molecule has 0 saturated heterocycles. The van der Waals surface area contributed by atoms with Gasteiger partial charge >= 0.3 is 0 Å². The van der Waals surface area contributed by atoms with Gasteiger partial charge in [0.15, 0.2) is 0 Å². The first-order valence-electron chi connectivity index (χ1n) is 5.94. The van der Waals surface area contributed by atoms with Crippen molar-refractivity contribution in [2.45, 2.75) is 32.2 Å². The molecular formula is C13H17BrN2O. The molecule has 2 rings (SSSR count). The zero-order valence-electron chi connectivity index (χ0n) is 9.87. The molecule has 0 aliphatic heterocycles. The van der Waals surface area contributed by atoms with Gasteiger partial charge in [0.05, 0.1) is 10.0 Å². The van der Waals surface area contributed by atoms with Crippen molar-refractivity contribution in [3.63, 3.8) is 0 Å². The van der Waals surface area contributed by atoms with Crippen LogP contribution in [0.15, 0.2) is 22.7 Å². The summed E-state index contributed by atoms with van der Waals surface area (Å²) in [6.45, 7) is 2.07. The molecule has 1 atom stereocenters. The van der Waals surface area contributed by atoms with Gasteiger partial charge in [-0.15, -0.1) is 0 Å².